The van der Waals surface area contributed by atoms with Crippen molar-refractivity contribution in [2.75, 3.05) is 6.54 Å². The molecule has 4 heteroatoms. The minimum Gasteiger partial charge on any atom is -0.463 e. The number of hydrogen-bond donors (Lipinski definition) is 2. The fraction of sp³-hybridized carbons (Fsp3) is 0.250. The fourth-order valence-corrected chi connectivity index (χ4v) is 1.51. The Hall–Kier alpha value is -1.81. The number of fused-ring (bicyclic) bond motifs is 1. The van der Waals surface area contributed by atoms with Crippen molar-refractivity contribution in [2.45, 2.75) is 13.0 Å². The average molecular weight is 218 g/mol. The number of amides is 1. The molecule has 4 nitrogen and oxygen atoms in total. The Bertz CT molecular complexity index is 504. The number of carbonyl (C=O) groups is 1. The smallest absolute Gasteiger partial charge is 0.255 e. The van der Waals surface area contributed by atoms with Gasteiger partial charge in [-0.15, -0.1) is 0 Å². The van der Waals surface area contributed by atoms with Crippen molar-refractivity contribution in [3.05, 3.63) is 36.1 Å². The van der Waals surface area contributed by atoms with Gasteiger partial charge in [-0.3, -0.25) is 4.79 Å². The number of nitrogens with two attached hydrogens (primary N) is 1. The zero-order chi connectivity index (χ0) is 11.5. The van der Waals surface area contributed by atoms with Gasteiger partial charge in [0.25, 0.3) is 5.91 Å². The molecule has 0 spiro atoms. The number of para-hydroxylation sites is 1. The Labute approximate surface area is 93.4 Å². The van der Waals surface area contributed by atoms with Crippen LogP contribution >= 0.6 is 0 Å². The van der Waals surface area contributed by atoms with Gasteiger partial charge in [0, 0.05) is 18.0 Å². The summed E-state index contributed by atoms with van der Waals surface area (Å²) in [6.07, 6.45) is 1.48. The first kappa shape index (κ1) is 10.7. The van der Waals surface area contributed by atoms with Gasteiger partial charge in [0.2, 0.25) is 0 Å². The molecule has 0 aliphatic carbocycles. The molecule has 1 amide bonds. The molecule has 1 aromatic heterocycles. The van der Waals surface area contributed by atoms with Gasteiger partial charge < -0.3 is 15.5 Å². The molecule has 1 heterocycles. The van der Waals surface area contributed by atoms with Crippen molar-refractivity contribution < 1.29 is 9.21 Å². The first-order valence-corrected chi connectivity index (χ1v) is 5.19. The largest absolute Gasteiger partial charge is 0.463 e. The quantitative estimate of drug-likeness (QED) is 0.820. The van der Waals surface area contributed by atoms with E-state index in [0.29, 0.717) is 17.7 Å². The number of nitrogens with one attached hydrogen (secondary N) is 1. The van der Waals surface area contributed by atoms with Crippen LogP contribution in [0.5, 0.6) is 0 Å². The van der Waals surface area contributed by atoms with Crippen molar-refractivity contribution >= 4 is 16.9 Å². The third kappa shape index (κ3) is 1.92. The maximum atomic E-state index is 11.9. The maximum Gasteiger partial charge on any atom is 0.255 e. The zero-order valence-electron chi connectivity index (χ0n) is 9.07. The van der Waals surface area contributed by atoms with Gasteiger partial charge in [0.1, 0.15) is 11.8 Å². The van der Waals surface area contributed by atoms with E-state index < -0.39 is 0 Å². The molecule has 0 aliphatic rings. The summed E-state index contributed by atoms with van der Waals surface area (Å²) in [5, 5.41) is 3.62. The second-order valence-corrected chi connectivity index (χ2v) is 3.76. The summed E-state index contributed by atoms with van der Waals surface area (Å²) >= 11 is 0. The van der Waals surface area contributed by atoms with Gasteiger partial charge in [-0.2, -0.15) is 0 Å². The van der Waals surface area contributed by atoms with E-state index >= 15 is 0 Å². The normalized spacial score (nSPS) is 12.6. The first-order valence-electron chi connectivity index (χ1n) is 5.19. The highest BCUT2D eigenvalue weighted by molar-refractivity contribution is 6.05. The Morgan fingerprint density at radius 1 is 1.50 bits per heavy atom. The topological polar surface area (TPSA) is 68.3 Å². The van der Waals surface area contributed by atoms with E-state index in [2.05, 4.69) is 5.32 Å². The van der Waals surface area contributed by atoms with Crippen molar-refractivity contribution in [3.63, 3.8) is 0 Å². The highest BCUT2D eigenvalue weighted by Gasteiger charge is 2.14. The second kappa shape index (κ2) is 4.37. The lowest BCUT2D eigenvalue weighted by atomic mass is 10.1. The number of rotatable bonds is 3. The molecule has 3 N–H and O–H groups in total. The van der Waals surface area contributed by atoms with E-state index in [1.807, 2.05) is 31.2 Å². The molecule has 2 rings (SSSR count). The van der Waals surface area contributed by atoms with E-state index in [-0.39, 0.29) is 11.9 Å². The minimum absolute atomic E-state index is 0.0406. The van der Waals surface area contributed by atoms with Crippen molar-refractivity contribution in [1.29, 1.82) is 0 Å². The van der Waals surface area contributed by atoms with Crippen molar-refractivity contribution in [2.24, 2.45) is 5.73 Å². The van der Waals surface area contributed by atoms with Gasteiger partial charge in [0.05, 0.1) is 5.56 Å². The van der Waals surface area contributed by atoms with E-state index in [0.717, 1.165) is 5.39 Å². The number of furan rings is 1. The maximum absolute atomic E-state index is 11.9. The van der Waals surface area contributed by atoms with E-state index in [4.69, 9.17) is 10.2 Å². The predicted octanol–water partition coefficient (Wildman–Crippen LogP) is 1.51. The molecular weight excluding hydrogens is 204 g/mol. The molecular formula is C12H14N2O2. The van der Waals surface area contributed by atoms with Crippen LogP contribution in [0.1, 0.15) is 17.3 Å². The number of benzene rings is 1. The molecule has 0 fully saturated rings. The summed E-state index contributed by atoms with van der Waals surface area (Å²) in [7, 11) is 0. The molecule has 1 aromatic carbocycles. The van der Waals surface area contributed by atoms with Crippen LogP contribution in [0.3, 0.4) is 0 Å². The van der Waals surface area contributed by atoms with Crippen LogP contribution in [-0.2, 0) is 0 Å². The number of hydrogen-bond acceptors (Lipinski definition) is 3. The van der Waals surface area contributed by atoms with Gasteiger partial charge in [-0.05, 0) is 13.0 Å². The van der Waals surface area contributed by atoms with Crippen molar-refractivity contribution in [1.82, 2.24) is 5.32 Å². The van der Waals surface area contributed by atoms with Crippen LogP contribution < -0.4 is 11.1 Å². The SMILES string of the molecule is CC(CN)NC(=O)c1coc2ccccc12. The third-order valence-corrected chi connectivity index (χ3v) is 2.46. The summed E-state index contributed by atoms with van der Waals surface area (Å²) in [5.41, 5.74) is 6.72. The van der Waals surface area contributed by atoms with Crippen LogP contribution in [0.25, 0.3) is 11.0 Å². The van der Waals surface area contributed by atoms with Gasteiger partial charge >= 0.3 is 0 Å². The molecule has 16 heavy (non-hydrogen) atoms. The lowest BCUT2D eigenvalue weighted by Gasteiger charge is -2.09. The van der Waals surface area contributed by atoms with Crippen LogP contribution in [0.15, 0.2) is 34.9 Å². The highest BCUT2D eigenvalue weighted by Crippen LogP contribution is 2.20. The average Bonchev–Trinajstić information content (AvgIpc) is 2.72. The Balaban J connectivity index is 2.30. The second-order valence-electron chi connectivity index (χ2n) is 3.76. The summed E-state index contributed by atoms with van der Waals surface area (Å²) in [4.78, 5) is 11.9. The first-order chi connectivity index (χ1) is 7.72. The molecule has 0 radical (unpaired) electrons. The van der Waals surface area contributed by atoms with E-state index in [9.17, 15) is 4.79 Å². The molecule has 0 aliphatic heterocycles. The minimum atomic E-state index is -0.150. The fourth-order valence-electron chi connectivity index (χ4n) is 1.51. The third-order valence-electron chi connectivity index (χ3n) is 2.46. The van der Waals surface area contributed by atoms with E-state index in [1.165, 1.54) is 6.26 Å². The molecule has 0 saturated heterocycles. The summed E-state index contributed by atoms with van der Waals surface area (Å²) < 4.78 is 5.29. The number of carbonyl (C=O) groups excluding carboxylic acids is 1. The lowest BCUT2D eigenvalue weighted by molar-refractivity contribution is 0.0942. The molecule has 84 valence electrons. The monoisotopic (exact) mass is 218 g/mol. The van der Waals surface area contributed by atoms with Crippen LogP contribution in [0.2, 0.25) is 0 Å². The summed E-state index contributed by atoms with van der Waals surface area (Å²) in [6, 6.07) is 7.40. The van der Waals surface area contributed by atoms with Gasteiger partial charge in [-0.25, -0.2) is 0 Å². The molecule has 2 aromatic rings. The summed E-state index contributed by atoms with van der Waals surface area (Å²) in [5.74, 6) is -0.150. The standard InChI is InChI=1S/C12H14N2O2/c1-8(6-13)14-12(15)10-7-16-11-5-3-2-4-9(10)11/h2-5,7-8H,6,13H2,1H3,(H,14,15). The predicted molar refractivity (Wildman–Crippen MR) is 62.2 cm³/mol. The van der Waals surface area contributed by atoms with E-state index in [1.54, 1.807) is 0 Å². The van der Waals surface area contributed by atoms with Crippen molar-refractivity contribution in [3.8, 4) is 0 Å². The zero-order valence-corrected chi connectivity index (χ0v) is 9.07. The van der Waals surface area contributed by atoms with Crippen LogP contribution in [-0.4, -0.2) is 18.5 Å². The summed E-state index contributed by atoms with van der Waals surface area (Å²) in [6.45, 7) is 2.28. The molecule has 1 unspecified atom stereocenters. The highest BCUT2D eigenvalue weighted by atomic mass is 16.3. The molecule has 1 atom stereocenters. The molecule has 0 saturated carbocycles. The Morgan fingerprint density at radius 3 is 3.00 bits per heavy atom. The van der Waals surface area contributed by atoms with Crippen LogP contribution in [0, 0.1) is 0 Å². The van der Waals surface area contributed by atoms with Gasteiger partial charge in [0.15, 0.2) is 0 Å². The Morgan fingerprint density at radius 2 is 2.25 bits per heavy atom. The Kier molecular flexibility index (Phi) is 2.92. The van der Waals surface area contributed by atoms with Gasteiger partial charge in [-0.1, -0.05) is 18.2 Å². The molecule has 0 bridgehead atoms. The van der Waals surface area contributed by atoms with Crippen LogP contribution in [0.4, 0.5) is 0 Å². The lowest BCUT2D eigenvalue weighted by Crippen LogP contribution is -2.37.